The number of benzene rings is 2. The maximum absolute atomic E-state index is 12.4. The Hall–Kier alpha value is -1.79. The van der Waals surface area contributed by atoms with E-state index in [1.54, 1.807) is 31.4 Å². The Morgan fingerprint density at radius 1 is 1.28 bits per heavy atom. The molecule has 0 saturated carbocycles. The lowest BCUT2D eigenvalue weighted by molar-refractivity contribution is 0.0888. The first kappa shape index (κ1) is 19.5. The molecule has 134 valence electrons. The third kappa shape index (κ3) is 4.44. The predicted molar refractivity (Wildman–Crippen MR) is 101 cm³/mol. The van der Waals surface area contributed by atoms with Crippen molar-refractivity contribution in [3.05, 3.63) is 53.1 Å². The Balaban J connectivity index is 0.00000225. The Kier molecular flexibility index (Phi) is 6.67. The lowest BCUT2D eigenvalue weighted by atomic mass is 10.0. The lowest BCUT2D eigenvalue weighted by Gasteiger charge is -2.16. The van der Waals surface area contributed by atoms with E-state index < -0.39 is 6.10 Å². The molecule has 2 aromatic carbocycles. The summed E-state index contributed by atoms with van der Waals surface area (Å²) in [6.45, 7) is 1.05. The summed E-state index contributed by atoms with van der Waals surface area (Å²) in [5.41, 5.74) is 2.18. The first-order chi connectivity index (χ1) is 11.6. The van der Waals surface area contributed by atoms with E-state index in [9.17, 15) is 9.90 Å². The molecule has 5 nitrogen and oxygen atoms in total. The van der Waals surface area contributed by atoms with Crippen molar-refractivity contribution in [2.75, 3.05) is 20.2 Å². The van der Waals surface area contributed by atoms with E-state index >= 15 is 0 Å². The van der Waals surface area contributed by atoms with Gasteiger partial charge in [-0.2, -0.15) is 0 Å². The molecule has 3 rings (SSSR count). The number of aliphatic hydroxyl groups is 1. The van der Waals surface area contributed by atoms with E-state index in [4.69, 9.17) is 16.3 Å². The van der Waals surface area contributed by atoms with Gasteiger partial charge in [-0.25, -0.2) is 0 Å². The zero-order valence-electron chi connectivity index (χ0n) is 13.7. The number of ether oxygens (including phenoxy) is 1. The predicted octanol–water partition coefficient (Wildman–Crippen LogP) is 2.50. The normalized spacial score (nSPS) is 19.2. The van der Waals surface area contributed by atoms with Crippen LogP contribution in [0, 0.1) is 0 Å². The molecule has 25 heavy (non-hydrogen) atoms. The van der Waals surface area contributed by atoms with Gasteiger partial charge in [0.25, 0.3) is 5.91 Å². The molecule has 1 fully saturated rings. The standard InChI is InChI=1S/C18H19ClN2O3.ClH/c1-24-17-6-5-13(19)8-14(17)11-3-2-4-12(7-11)18(23)21-15-9-20-10-16(15)22;/h2-8,15-16,20,22H,9-10H2,1H3,(H,21,23);1H/t15-,16-;/m1./s1. The summed E-state index contributed by atoms with van der Waals surface area (Å²) < 4.78 is 5.38. The Labute approximate surface area is 157 Å². The quantitative estimate of drug-likeness (QED) is 0.759. The minimum Gasteiger partial charge on any atom is -0.496 e. The van der Waals surface area contributed by atoms with Gasteiger partial charge in [0, 0.05) is 29.2 Å². The van der Waals surface area contributed by atoms with Crippen LogP contribution in [0.5, 0.6) is 5.75 Å². The van der Waals surface area contributed by atoms with Crippen molar-refractivity contribution in [1.82, 2.24) is 10.6 Å². The van der Waals surface area contributed by atoms with Crippen LogP contribution >= 0.6 is 24.0 Å². The molecule has 2 aromatic rings. The second-order valence-electron chi connectivity index (χ2n) is 5.73. The van der Waals surface area contributed by atoms with Gasteiger partial charge in [-0.3, -0.25) is 4.79 Å². The molecule has 0 aromatic heterocycles. The number of methoxy groups -OCH3 is 1. The molecular weight excluding hydrogens is 363 g/mol. The number of hydrogen-bond donors (Lipinski definition) is 3. The van der Waals surface area contributed by atoms with Gasteiger partial charge in [-0.1, -0.05) is 23.7 Å². The SMILES string of the molecule is COc1ccc(Cl)cc1-c1cccc(C(=O)N[C@@H]2CNC[C@H]2O)c1.Cl. The minimum absolute atomic E-state index is 0. The molecule has 0 unspecified atom stereocenters. The summed E-state index contributed by atoms with van der Waals surface area (Å²) >= 11 is 6.09. The van der Waals surface area contributed by atoms with Crippen molar-refractivity contribution in [3.63, 3.8) is 0 Å². The van der Waals surface area contributed by atoms with Crippen LogP contribution in [0.2, 0.25) is 5.02 Å². The molecule has 0 aliphatic carbocycles. The van der Waals surface area contributed by atoms with Crippen molar-refractivity contribution >= 4 is 29.9 Å². The Bertz CT molecular complexity index is 755. The summed E-state index contributed by atoms with van der Waals surface area (Å²) in [5.74, 6) is 0.470. The third-order valence-corrected chi connectivity index (χ3v) is 4.33. The molecule has 0 bridgehead atoms. The van der Waals surface area contributed by atoms with Gasteiger partial charge in [0.15, 0.2) is 0 Å². The first-order valence-electron chi connectivity index (χ1n) is 7.72. The highest BCUT2D eigenvalue weighted by Crippen LogP contribution is 2.32. The van der Waals surface area contributed by atoms with Gasteiger partial charge < -0.3 is 20.5 Å². The number of carbonyl (C=O) groups is 1. The molecule has 2 atom stereocenters. The number of hydrogen-bond acceptors (Lipinski definition) is 4. The molecule has 0 radical (unpaired) electrons. The highest BCUT2D eigenvalue weighted by atomic mass is 35.5. The molecule has 1 heterocycles. The van der Waals surface area contributed by atoms with Gasteiger partial charge in [0.05, 0.1) is 19.3 Å². The van der Waals surface area contributed by atoms with Crippen LogP contribution in [0.1, 0.15) is 10.4 Å². The fraction of sp³-hybridized carbons (Fsp3) is 0.278. The first-order valence-corrected chi connectivity index (χ1v) is 8.10. The number of aliphatic hydroxyl groups excluding tert-OH is 1. The Morgan fingerprint density at radius 3 is 2.76 bits per heavy atom. The van der Waals surface area contributed by atoms with E-state index in [0.29, 0.717) is 29.4 Å². The molecule has 1 aliphatic rings. The van der Waals surface area contributed by atoms with E-state index in [2.05, 4.69) is 10.6 Å². The summed E-state index contributed by atoms with van der Waals surface area (Å²) in [5, 5.41) is 16.3. The van der Waals surface area contributed by atoms with Crippen molar-refractivity contribution in [2.24, 2.45) is 0 Å². The minimum atomic E-state index is -0.565. The average Bonchev–Trinajstić information content (AvgIpc) is 3.00. The van der Waals surface area contributed by atoms with Crippen LogP contribution in [0.4, 0.5) is 0 Å². The number of rotatable bonds is 4. The molecular formula is C18H20Cl2N2O3. The topological polar surface area (TPSA) is 70.6 Å². The zero-order chi connectivity index (χ0) is 17.1. The summed E-state index contributed by atoms with van der Waals surface area (Å²) in [7, 11) is 1.60. The largest absolute Gasteiger partial charge is 0.496 e. The van der Waals surface area contributed by atoms with Gasteiger partial charge >= 0.3 is 0 Å². The second kappa shape index (κ2) is 8.54. The monoisotopic (exact) mass is 382 g/mol. The molecule has 3 N–H and O–H groups in total. The van der Waals surface area contributed by atoms with E-state index in [-0.39, 0.29) is 24.4 Å². The second-order valence-corrected chi connectivity index (χ2v) is 6.17. The van der Waals surface area contributed by atoms with E-state index in [1.807, 2.05) is 18.2 Å². The molecule has 1 saturated heterocycles. The van der Waals surface area contributed by atoms with E-state index in [1.165, 1.54) is 0 Å². The highest BCUT2D eigenvalue weighted by Gasteiger charge is 2.26. The number of halogens is 2. The van der Waals surface area contributed by atoms with Crippen LogP contribution in [0.25, 0.3) is 11.1 Å². The maximum Gasteiger partial charge on any atom is 0.251 e. The smallest absolute Gasteiger partial charge is 0.251 e. The summed E-state index contributed by atoms with van der Waals surface area (Å²) in [6, 6.07) is 12.3. The average molecular weight is 383 g/mol. The Morgan fingerprint density at radius 2 is 2.08 bits per heavy atom. The van der Waals surface area contributed by atoms with Gasteiger partial charge in [0.2, 0.25) is 0 Å². The van der Waals surface area contributed by atoms with Crippen LogP contribution < -0.4 is 15.4 Å². The van der Waals surface area contributed by atoms with Crippen LogP contribution in [-0.4, -0.2) is 43.4 Å². The zero-order valence-corrected chi connectivity index (χ0v) is 15.2. The van der Waals surface area contributed by atoms with Gasteiger partial charge in [-0.05, 0) is 35.9 Å². The van der Waals surface area contributed by atoms with Crippen LogP contribution in [0.15, 0.2) is 42.5 Å². The fourth-order valence-corrected chi connectivity index (χ4v) is 2.97. The van der Waals surface area contributed by atoms with Crippen LogP contribution in [-0.2, 0) is 0 Å². The maximum atomic E-state index is 12.4. The van der Waals surface area contributed by atoms with Crippen molar-refractivity contribution in [1.29, 1.82) is 0 Å². The lowest BCUT2D eigenvalue weighted by Crippen LogP contribution is -2.42. The number of nitrogens with one attached hydrogen (secondary N) is 2. The summed E-state index contributed by atoms with van der Waals surface area (Å²) in [6.07, 6.45) is -0.565. The summed E-state index contributed by atoms with van der Waals surface area (Å²) in [4.78, 5) is 12.4. The fourth-order valence-electron chi connectivity index (χ4n) is 2.80. The van der Waals surface area contributed by atoms with Crippen LogP contribution in [0.3, 0.4) is 0 Å². The van der Waals surface area contributed by atoms with E-state index in [0.717, 1.165) is 11.1 Å². The van der Waals surface area contributed by atoms with Crippen molar-refractivity contribution < 1.29 is 14.6 Å². The number of amides is 1. The highest BCUT2D eigenvalue weighted by molar-refractivity contribution is 6.31. The van der Waals surface area contributed by atoms with Crippen molar-refractivity contribution in [2.45, 2.75) is 12.1 Å². The van der Waals surface area contributed by atoms with Gasteiger partial charge in [-0.15, -0.1) is 12.4 Å². The number of β-amino-alcohol motifs (C(OH)–C–C–N with tert-alkyl or cyclic N) is 1. The van der Waals surface area contributed by atoms with Gasteiger partial charge in [0.1, 0.15) is 5.75 Å². The number of carbonyl (C=O) groups excluding carboxylic acids is 1. The van der Waals surface area contributed by atoms with Crippen molar-refractivity contribution in [3.8, 4) is 16.9 Å². The molecule has 7 heteroatoms. The molecule has 1 amide bonds. The third-order valence-electron chi connectivity index (χ3n) is 4.10. The molecule has 0 spiro atoms. The molecule has 1 aliphatic heterocycles.